The minimum atomic E-state index is -1.19. The maximum absolute atomic E-state index is 12.3. The van der Waals surface area contributed by atoms with Gasteiger partial charge >= 0.3 is 11.9 Å². The van der Waals surface area contributed by atoms with Crippen molar-refractivity contribution < 1.29 is 34.2 Å². The highest BCUT2D eigenvalue weighted by Gasteiger charge is 2.28. The number of nitrogens with one attached hydrogen (secondary N) is 3. The highest BCUT2D eigenvalue weighted by Crippen LogP contribution is 2.06. The fraction of sp³-hybridized carbons (Fsp3) is 0.706. The molecule has 166 valence electrons. The summed E-state index contributed by atoms with van der Waals surface area (Å²) >= 11 is 4.01. The number of carbonyl (C=O) groups excluding carboxylic acids is 3. The average molecular weight is 435 g/mol. The van der Waals surface area contributed by atoms with Gasteiger partial charge in [-0.3, -0.25) is 19.2 Å². The molecule has 0 aromatic rings. The third kappa shape index (κ3) is 10.7. The molecule has 0 aliphatic heterocycles. The lowest BCUT2D eigenvalue weighted by Gasteiger charge is -2.23. The van der Waals surface area contributed by atoms with E-state index in [1.54, 1.807) is 0 Å². The van der Waals surface area contributed by atoms with Gasteiger partial charge in [0.1, 0.15) is 18.1 Å². The molecular formula is C17H30N4O7S. The first-order valence-electron chi connectivity index (χ1n) is 9.11. The van der Waals surface area contributed by atoms with E-state index in [0.717, 1.165) is 0 Å². The lowest BCUT2D eigenvalue weighted by molar-refractivity contribution is -0.142. The molecule has 0 bridgehead atoms. The van der Waals surface area contributed by atoms with Crippen molar-refractivity contribution in [3.05, 3.63) is 0 Å². The molecule has 0 fully saturated rings. The summed E-state index contributed by atoms with van der Waals surface area (Å²) < 4.78 is 0. The Bertz CT molecular complexity index is 615. The molecule has 11 nitrogen and oxygen atoms in total. The first kappa shape index (κ1) is 26.7. The van der Waals surface area contributed by atoms with Crippen LogP contribution in [0, 0.1) is 5.92 Å². The standard InChI is InChI=1S/C17H30N4O7S/c1-8(2)6-11(17(27)28)20-16(26)12(7-29)21-14(24)9(3)19-15(25)10(18)4-5-13(22)23/h8-12,29H,4-7,18H2,1-3H3,(H,19,25)(H,20,26)(H,21,24)(H,22,23)(H,27,28). The molecule has 0 saturated carbocycles. The van der Waals surface area contributed by atoms with Gasteiger partial charge in [-0.15, -0.1) is 0 Å². The second kappa shape index (κ2) is 13.0. The number of rotatable bonds is 13. The second-order valence-corrected chi connectivity index (χ2v) is 7.41. The number of hydrogen-bond acceptors (Lipinski definition) is 7. The Morgan fingerprint density at radius 3 is 1.90 bits per heavy atom. The summed E-state index contributed by atoms with van der Waals surface area (Å²) in [5, 5.41) is 24.9. The molecule has 0 radical (unpaired) electrons. The third-order valence-electron chi connectivity index (χ3n) is 3.90. The smallest absolute Gasteiger partial charge is 0.326 e. The minimum absolute atomic E-state index is 0.0287. The Kier molecular flexibility index (Phi) is 11.9. The zero-order valence-corrected chi connectivity index (χ0v) is 17.6. The largest absolute Gasteiger partial charge is 0.481 e. The fourth-order valence-corrected chi connectivity index (χ4v) is 2.51. The number of thiol groups is 1. The van der Waals surface area contributed by atoms with E-state index < -0.39 is 53.8 Å². The highest BCUT2D eigenvalue weighted by atomic mass is 32.1. The van der Waals surface area contributed by atoms with E-state index >= 15 is 0 Å². The van der Waals surface area contributed by atoms with E-state index in [-0.39, 0.29) is 30.9 Å². The van der Waals surface area contributed by atoms with Crippen molar-refractivity contribution in [3.63, 3.8) is 0 Å². The summed E-state index contributed by atoms with van der Waals surface area (Å²) in [5.41, 5.74) is 5.57. The molecule has 29 heavy (non-hydrogen) atoms. The predicted molar refractivity (Wildman–Crippen MR) is 107 cm³/mol. The molecule has 7 N–H and O–H groups in total. The summed E-state index contributed by atoms with van der Waals surface area (Å²) in [6, 6.07) is -4.37. The lowest BCUT2D eigenvalue weighted by atomic mass is 10.0. The molecule has 0 spiro atoms. The molecule has 0 heterocycles. The Labute approximate surface area is 174 Å². The lowest BCUT2D eigenvalue weighted by Crippen LogP contribution is -2.57. The van der Waals surface area contributed by atoms with Crippen molar-refractivity contribution in [3.8, 4) is 0 Å². The van der Waals surface area contributed by atoms with Crippen LogP contribution in [0.5, 0.6) is 0 Å². The summed E-state index contributed by atoms with van der Waals surface area (Å²) in [5.74, 6) is -4.47. The highest BCUT2D eigenvalue weighted by molar-refractivity contribution is 7.80. The Hall–Kier alpha value is -2.34. The summed E-state index contributed by atoms with van der Waals surface area (Å²) in [4.78, 5) is 58.3. The maximum atomic E-state index is 12.3. The van der Waals surface area contributed by atoms with Crippen LogP contribution in [0.25, 0.3) is 0 Å². The van der Waals surface area contributed by atoms with Gasteiger partial charge in [-0.05, 0) is 25.7 Å². The van der Waals surface area contributed by atoms with E-state index in [2.05, 4.69) is 28.6 Å². The van der Waals surface area contributed by atoms with E-state index in [9.17, 15) is 29.1 Å². The number of aliphatic carboxylic acids is 2. The van der Waals surface area contributed by atoms with Crippen LogP contribution in [0.2, 0.25) is 0 Å². The van der Waals surface area contributed by atoms with Crippen LogP contribution in [-0.4, -0.2) is 69.8 Å². The van der Waals surface area contributed by atoms with Crippen LogP contribution < -0.4 is 21.7 Å². The van der Waals surface area contributed by atoms with E-state index in [4.69, 9.17) is 10.8 Å². The second-order valence-electron chi connectivity index (χ2n) is 7.04. The molecule has 3 amide bonds. The van der Waals surface area contributed by atoms with Crippen molar-refractivity contribution in [1.29, 1.82) is 0 Å². The molecule has 12 heteroatoms. The van der Waals surface area contributed by atoms with E-state index in [0.29, 0.717) is 0 Å². The molecule has 0 aromatic heterocycles. The van der Waals surface area contributed by atoms with Crippen molar-refractivity contribution >= 4 is 42.3 Å². The van der Waals surface area contributed by atoms with Gasteiger partial charge in [0.2, 0.25) is 17.7 Å². The topological polar surface area (TPSA) is 188 Å². The minimum Gasteiger partial charge on any atom is -0.481 e. The van der Waals surface area contributed by atoms with Gasteiger partial charge in [0.25, 0.3) is 0 Å². The van der Waals surface area contributed by atoms with Crippen molar-refractivity contribution in [1.82, 2.24) is 16.0 Å². The monoisotopic (exact) mass is 434 g/mol. The van der Waals surface area contributed by atoms with Gasteiger partial charge in [-0.1, -0.05) is 13.8 Å². The average Bonchev–Trinajstić information content (AvgIpc) is 2.62. The predicted octanol–water partition coefficient (Wildman–Crippen LogP) is -1.29. The van der Waals surface area contributed by atoms with Gasteiger partial charge in [-0.2, -0.15) is 12.6 Å². The SMILES string of the molecule is CC(C)CC(NC(=O)C(CS)NC(=O)C(C)NC(=O)C(N)CCC(=O)O)C(=O)O. The van der Waals surface area contributed by atoms with Crippen LogP contribution in [0.15, 0.2) is 0 Å². The van der Waals surface area contributed by atoms with Gasteiger partial charge in [0.15, 0.2) is 0 Å². The van der Waals surface area contributed by atoms with Crippen LogP contribution in [0.3, 0.4) is 0 Å². The maximum Gasteiger partial charge on any atom is 0.326 e. The van der Waals surface area contributed by atoms with E-state index in [1.807, 2.05) is 13.8 Å². The molecule has 0 aliphatic carbocycles. The number of hydrogen-bond donors (Lipinski definition) is 7. The Balaban J connectivity index is 4.79. The number of carboxylic acid groups (broad SMARTS) is 2. The number of carboxylic acids is 2. The summed E-state index contributed by atoms with van der Waals surface area (Å²) in [7, 11) is 0. The molecule has 0 saturated heterocycles. The zero-order valence-electron chi connectivity index (χ0n) is 16.7. The van der Waals surface area contributed by atoms with E-state index in [1.165, 1.54) is 6.92 Å². The number of amides is 3. The molecule has 4 unspecified atom stereocenters. The van der Waals surface area contributed by atoms with Gasteiger partial charge < -0.3 is 31.9 Å². The van der Waals surface area contributed by atoms with Crippen LogP contribution in [0.4, 0.5) is 0 Å². The quantitative estimate of drug-likeness (QED) is 0.174. The van der Waals surface area contributed by atoms with Crippen molar-refractivity contribution in [2.75, 3.05) is 5.75 Å². The van der Waals surface area contributed by atoms with Gasteiger partial charge in [0, 0.05) is 12.2 Å². The summed E-state index contributed by atoms with van der Waals surface area (Å²) in [6.07, 6.45) is -0.170. The van der Waals surface area contributed by atoms with Crippen LogP contribution in [-0.2, 0) is 24.0 Å². The molecule has 0 aromatic carbocycles. The van der Waals surface area contributed by atoms with Crippen molar-refractivity contribution in [2.24, 2.45) is 11.7 Å². The fourth-order valence-electron chi connectivity index (χ4n) is 2.25. The van der Waals surface area contributed by atoms with Crippen molar-refractivity contribution in [2.45, 2.75) is 64.2 Å². The third-order valence-corrected chi connectivity index (χ3v) is 4.26. The Morgan fingerprint density at radius 2 is 1.45 bits per heavy atom. The Morgan fingerprint density at radius 1 is 0.897 bits per heavy atom. The van der Waals surface area contributed by atoms with Crippen LogP contribution >= 0.6 is 12.6 Å². The molecule has 4 atom stereocenters. The van der Waals surface area contributed by atoms with Gasteiger partial charge in [-0.25, -0.2) is 4.79 Å². The molecule has 0 rings (SSSR count). The molecule has 0 aliphatic rings. The zero-order chi connectivity index (χ0) is 22.7. The number of carbonyl (C=O) groups is 5. The first-order valence-corrected chi connectivity index (χ1v) is 9.74. The summed E-state index contributed by atoms with van der Waals surface area (Å²) in [6.45, 7) is 4.99. The number of nitrogens with two attached hydrogens (primary N) is 1. The molecular weight excluding hydrogens is 404 g/mol. The normalized spacial score (nSPS) is 15.0. The van der Waals surface area contributed by atoms with Crippen LogP contribution in [0.1, 0.15) is 40.0 Å². The van der Waals surface area contributed by atoms with Gasteiger partial charge in [0.05, 0.1) is 6.04 Å². The first-order chi connectivity index (χ1) is 13.4.